The van der Waals surface area contributed by atoms with Crippen molar-refractivity contribution in [2.75, 3.05) is 28.1 Å². The highest BCUT2D eigenvalue weighted by Gasteiger charge is 2.13. The highest BCUT2D eigenvalue weighted by Crippen LogP contribution is 2.32. The second-order valence-electron chi connectivity index (χ2n) is 5.82. The first-order valence-electron chi connectivity index (χ1n) is 8.14. The van der Waals surface area contributed by atoms with Crippen molar-refractivity contribution >= 4 is 12.0 Å². The van der Waals surface area contributed by atoms with Crippen LogP contribution in [-0.4, -0.2) is 38.9 Å². The molecule has 1 aliphatic rings. The van der Waals surface area contributed by atoms with Gasteiger partial charge in [0.1, 0.15) is 11.5 Å². The minimum absolute atomic E-state index is 0.111. The second kappa shape index (κ2) is 7.82. The van der Waals surface area contributed by atoms with Crippen LogP contribution in [0, 0.1) is 0 Å². The smallest absolute Gasteiger partial charge is 0.246 e. The van der Waals surface area contributed by atoms with Crippen molar-refractivity contribution in [3.05, 3.63) is 53.6 Å². The Morgan fingerprint density at radius 3 is 2.69 bits per heavy atom. The van der Waals surface area contributed by atoms with Gasteiger partial charge in [-0.05, 0) is 35.9 Å². The van der Waals surface area contributed by atoms with Crippen LogP contribution in [0.3, 0.4) is 0 Å². The molecule has 0 fully saturated rings. The fourth-order valence-electron chi connectivity index (χ4n) is 2.63. The first kappa shape index (κ1) is 17.7. The van der Waals surface area contributed by atoms with Crippen LogP contribution >= 0.6 is 0 Å². The molecule has 2 aromatic carbocycles. The summed E-state index contributed by atoms with van der Waals surface area (Å²) in [5, 5.41) is 0. The number of benzene rings is 2. The van der Waals surface area contributed by atoms with Gasteiger partial charge in [0.05, 0.1) is 14.2 Å². The summed E-state index contributed by atoms with van der Waals surface area (Å²) in [6, 6.07) is 11.1. The molecule has 0 bridgehead atoms. The molecule has 0 unspecified atom stereocenters. The number of carbonyl (C=O) groups excluding carboxylic acids is 1. The van der Waals surface area contributed by atoms with Crippen molar-refractivity contribution in [3.8, 4) is 23.0 Å². The Morgan fingerprint density at radius 1 is 1.12 bits per heavy atom. The number of amides is 1. The molecule has 0 saturated carbocycles. The Balaban J connectivity index is 1.66. The Hall–Kier alpha value is -3.15. The molecule has 0 spiro atoms. The van der Waals surface area contributed by atoms with Crippen molar-refractivity contribution in [2.45, 2.75) is 6.54 Å². The fourth-order valence-corrected chi connectivity index (χ4v) is 2.63. The average Bonchev–Trinajstić information content (AvgIpc) is 3.14. The molecule has 0 aliphatic carbocycles. The van der Waals surface area contributed by atoms with E-state index in [2.05, 4.69) is 0 Å². The quantitative estimate of drug-likeness (QED) is 0.745. The van der Waals surface area contributed by atoms with E-state index in [4.69, 9.17) is 18.9 Å². The van der Waals surface area contributed by atoms with Crippen molar-refractivity contribution in [1.29, 1.82) is 0 Å². The topological polar surface area (TPSA) is 57.2 Å². The molecule has 3 rings (SSSR count). The number of hydrogen-bond donors (Lipinski definition) is 0. The lowest BCUT2D eigenvalue weighted by Gasteiger charge is -2.17. The maximum Gasteiger partial charge on any atom is 0.246 e. The van der Waals surface area contributed by atoms with Gasteiger partial charge in [0.25, 0.3) is 0 Å². The van der Waals surface area contributed by atoms with Crippen LogP contribution in [0.5, 0.6) is 23.0 Å². The third-order valence-electron chi connectivity index (χ3n) is 4.09. The number of hydrogen-bond acceptors (Lipinski definition) is 5. The summed E-state index contributed by atoms with van der Waals surface area (Å²) < 4.78 is 21.2. The highest BCUT2D eigenvalue weighted by molar-refractivity contribution is 5.91. The van der Waals surface area contributed by atoms with Gasteiger partial charge in [0.2, 0.25) is 12.7 Å². The van der Waals surface area contributed by atoms with Crippen LogP contribution in [0.2, 0.25) is 0 Å². The minimum atomic E-state index is -0.111. The zero-order valence-corrected chi connectivity index (χ0v) is 15.0. The Kier molecular flexibility index (Phi) is 5.31. The van der Waals surface area contributed by atoms with Gasteiger partial charge < -0.3 is 23.8 Å². The van der Waals surface area contributed by atoms with Gasteiger partial charge in [0.15, 0.2) is 11.5 Å². The Morgan fingerprint density at radius 2 is 1.92 bits per heavy atom. The molecule has 6 heteroatoms. The average molecular weight is 355 g/mol. The Bertz CT molecular complexity index is 831. The monoisotopic (exact) mass is 355 g/mol. The zero-order valence-electron chi connectivity index (χ0n) is 15.0. The van der Waals surface area contributed by atoms with E-state index in [1.807, 2.05) is 30.3 Å². The van der Waals surface area contributed by atoms with Gasteiger partial charge in [-0.15, -0.1) is 0 Å². The number of nitrogens with zero attached hydrogens (tertiary/aromatic N) is 1. The fraction of sp³-hybridized carbons (Fsp3) is 0.250. The van der Waals surface area contributed by atoms with Crippen LogP contribution in [0.1, 0.15) is 11.1 Å². The lowest BCUT2D eigenvalue weighted by molar-refractivity contribution is -0.125. The number of ether oxygens (including phenoxy) is 4. The largest absolute Gasteiger partial charge is 0.497 e. The molecule has 0 aromatic heterocycles. The summed E-state index contributed by atoms with van der Waals surface area (Å²) in [4.78, 5) is 14.0. The van der Waals surface area contributed by atoms with Crippen molar-refractivity contribution in [1.82, 2.24) is 4.90 Å². The van der Waals surface area contributed by atoms with Gasteiger partial charge in [-0.2, -0.15) is 0 Å². The SMILES string of the molecule is COc1ccc(CN(C)C(=O)/C=C/c2ccc3c(c2)OCO3)c(OC)c1. The van der Waals surface area contributed by atoms with Crippen LogP contribution < -0.4 is 18.9 Å². The van der Waals surface area contributed by atoms with Gasteiger partial charge in [0, 0.05) is 31.3 Å². The molecule has 6 nitrogen and oxygen atoms in total. The number of rotatable bonds is 6. The summed E-state index contributed by atoms with van der Waals surface area (Å²) in [5.74, 6) is 2.69. The van der Waals surface area contributed by atoms with Crippen LogP contribution in [0.4, 0.5) is 0 Å². The van der Waals surface area contributed by atoms with Crippen molar-refractivity contribution < 1.29 is 23.7 Å². The molecule has 0 N–H and O–H groups in total. The van der Waals surface area contributed by atoms with E-state index in [1.165, 1.54) is 6.08 Å². The second-order valence-corrected chi connectivity index (χ2v) is 5.82. The summed E-state index contributed by atoms with van der Waals surface area (Å²) in [7, 11) is 4.95. The van der Waals surface area contributed by atoms with Crippen molar-refractivity contribution in [2.24, 2.45) is 0 Å². The van der Waals surface area contributed by atoms with E-state index < -0.39 is 0 Å². The summed E-state index contributed by atoms with van der Waals surface area (Å²) >= 11 is 0. The van der Waals surface area contributed by atoms with E-state index in [1.54, 1.807) is 38.3 Å². The number of likely N-dealkylation sites (N-methyl/N-ethyl adjacent to an activating group) is 1. The summed E-state index contributed by atoms with van der Waals surface area (Å²) in [5.41, 5.74) is 1.78. The molecule has 0 atom stereocenters. The number of methoxy groups -OCH3 is 2. The lowest BCUT2D eigenvalue weighted by Crippen LogP contribution is -2.24. The Labute approximate surface area is 152 Å². The maximum atomic E-state index is 12.4. The molecular weight excluding hydrogens is 334 g/mol. The zero-order chi connectivity index (χ0) is 18.5. The van der Waals surface area contributed by atoms with Crippen LogP contribution in [0.15, 0.2) is 42.5 Å². The van der Waals surface area contributed by atoms with Crippen LogP contribution in [-0.2, 0) is 11.3 Å². The number of carbonyl (C=O) groups is 1. The molecule has 1 aliphatic heterocycles. The summed E-state index contributed by atoms with van der Waals surface area (Å²) in [6.45, 7) is 0.658. The minimum Gasteiger partial charge on any atom is -0.497 e. The van der Waals surface area contributed by atoms with Gasteiger partial charge >= 0.3 is 0 Å². The molecule has 26 heavy (non-hydrogen) atoms. The number of fused-ring (bicyclic) bond motifs is 1. The molecule has 0 radical (unpaired) electrons. The van der Waals surface area contributed by atoms with Gasteiger partial charge in [-0.3, -0.25) is 4.79 Å². The predicted octanol–water partition coefficient (Wildman–Crippen LogP) is 3.10. The van der Waals surface area contributed by atoms with E-state index >= 15 is 0 Å². The molecule has 136 valence electrons. The third kappa shape index (κ3) is 3.91. The van der Waals surface area contributed by atoms with Crippen LogP contribution in [0.25, 0.3) is 6.08 Å². The molecule has 1 amide bonds. The first-order chi connectivity index (χ1) is 12.6. The van der Waals surface area contributed by atoms with E-state index in [-0.39, 0.29) is 12.7 Å². The van der Waals surface area contributed by atoms with E-state index in [0.29, 0.717) is 23.8 Å². The predicted molar refractivity (Wildman–Crippen MR) is 97.6 cm³/mol. The third-order valence-corrected chi connectivity index (χ3v) is 4.09. The first-order valence-corrected chi connectivity index (χ1v) is 8.14. The highest BCUT2D eigenvalue weighted by atomic mass is 16.7. The van der Waals surface area contributed by atoms with Crippen molar-refractivity contribution in [3.63, 3.8) is 0 Å². The molecule has 0 saturated heterocycles. The normalized spacial score (nSPS) is 12.3. The molecule has 1 heterocycles. The van der Waals surface area contributed by atoms with E-state index in [0.717, 1.165) is 16.9 Å². The van der Waals surface area contributed by atoms with Gasteiger partial charge in [-0.25, -0.2) is 0 Å². The van der Waals surface area contributed by atoms with E-state index in [9.17, 15) is 4.79 Å². The van der Waals surface area contributed by atoms with Gasteiger partial charge in [-0.1, -0.05) is 6.07 Å². The standard InChI is InChI=1S/C20H21NO5/c1-21(12-15-6-7-16(23-2)11-18(15)24-3)20(22)9-5-14-4-8-17-19(10-14)26-13-25-17/h4-11H,12-13H2,1-3H3/b9-5+. The maximum absolute atomic E-state index is 12.4. The molecule has 2 aromatic rings. The molecular formula is C20H21NO5. The summed E-state index contributed by atoms with van der Waals surface area (Å²) in [6.07, 6.45) is 3.29. The lowest BCUT2D eigenvalue weighted by atomic mass is 10.1.